The lowest BCUT2D eigenvalue weighted by Crippen LogP contribution is -2.14. The average Bonchev–Trinajstić information content (AvgIpc) is 2.53. The predicted octanol–water partition coefficient (Wildman–Crippen LogP) is 4.15. The lowest BCUT2D eigenvalue weighted by molar-refractivity contribution is -0.116. The number of hydrogen-bond acceptors (Lipinski definition) is 2. The minimum absolute atomic E-state index is 0.131. The molecular formula is C20H22N2O. The molecule has 2 rings (SSSR count). The van der Waals surface area contributed by atoms with Crippen LogP contribution in [0.3, 0.4) is 0 Å². The van der Waals surface area contributed by atoms with Gasteiger partial charge in [0, 0.05) is 6.08 Å². The van der Waals surface area contributed by atoms with Gasteiger partial charge in [0.1, 0.15) is 0 Å². The lowest BCUT2D eigenvalue weighted by Gasteiger charge is -2.18. The number of rotatable bonds is 4. The molecule has 0 spiro atoms. The molecule has 1 N–H and O–H groups in total. The van der Waals surface area contributed by atoms with E-state index in [4.69, 9.17) is 0 Å². The number of hydrogen-bond donors (Lipinski definition) is 1. The second-order valence-corrected chi connectivity index (χ2v) is 6.35. The second-order valence-electron chi connectivity index (χ2n) is 6.35. The zero-order valence-electron chi connectivity index (χ0n) is 13.8. The van der Waals surface area contributed by atoms with Crippen LogP contribution in [0.4, 0.5) is 0 Å². The van der Waals surface area contributed by atoms with Crippen molar-refractivity contribution in [2.75, 3.05) is 0 Å². The summed E-state index contributed by atoms with van der Waals surface area (Å²) in [6.45, 7) is 6.53. The Kier molecular flexibility index (Phi) is 5.47. The Hall–Kier alpha value is -2.68. The third-order valence-corrected chi connectivity index (χ3v) is 3.39. The van der Waals surface area contributed by atoms with Crippen molar-refractivity contribution in [2.45, 2.75) is 26.2 Å². The van der Waals surface area contributed by atoms with Gasteiger partial charge in [-0.25, -0.2) is 5.43 Å². The standard InChI is InChI=1S/C20H22N2O/c1-20(2,3)18-12-9-16(10-13-18)11-14-19(23)22-21-15-17-7-5-4-6-8-17/h4-15H,1-3H3,(H,22,23)/b14-11+,21-15+. The number of amides is 1. The highest BCUT2D eigenvalue weighted by atomic mass is 16.2. The zero-order valence-corrected chi connectivity index (χ0v) is 13.8. The van der Waals surface area contributed by atoms with E-state index in [-0.39, 0.29) is 11.3 Å². The van der Waals surface area contributed by atoms with Gasteiger partial charge in [0.05, 0.1) is 6.21 Å². The van der Waals surface area contributed by atoms with Crippen LogP contribution in [-0.2, 0) is 10.2 Å². The van der Waals surface area contributed by atoms with E-state index in [1.165, 1.54) is 11.6 Å². The largest absolute Gasteiger partial charge is 0.268 e. The van der Waals surface area contributed by atoms with E-state index in [1.54, 1.807) is 12.3 Å². The molecule has 2 aromatic carbocycles. The van der Waals surface area contributed by atoms with Gasteiger partial charge in [-0.2, -0.15) is 5.10 Å². The SMILES string of the molecule is CC(C)(C)c1ccc(/C=C/C(=O)N/N=C/c2ccccc2)cc1. The number of nitrogens with zero attached hydrogens (tertiary/aromatic N) is 1. The van der Waals surface area contributed by atoms with Crippen molar-refractivity contribution in [3.63, 3.8) is 0 Å². The van der Waals surface area contributed by atoms with Gasteiger partial charge < -0.3 is 0 Å². The molecule has 1 amide bonds. The Balaban J connectivity index is 1.90. The fourth-order valence-electron chi connectivity index (χ4n) is 2.01. The Morgan fingerprint density at radius 1 is 0.957 bits per heavy atom. The van der Waals surface area contributed by atoms with Crippen molar-refractivity contribution in [1.29, 1.82) is 0 Å². The van der Waals surface area contributed by atoms with E-state index < -0.39 is 0 Å². The van der Waals surface area contributed by atoms with Crippen molar-refractivity contribution < 1.29 is 4.79 Å². The molecule has 0 aliphatic rings. The average molecular weight is 306 g/mol. The molecule has 0 unspecified atom stereocenters. The quantitative estimate of drug-likeness (QED) is 0.514. The van der Waals surface area contributed by atoms with E-state index >= 15 is 0 Å². The summed E-state index contributed by atoms with van der Waals surface area (Å²) in [5.74, 6) is -0.253. The highest BCUT2D eigenvalue weighted by Crippen LogP contribution is 2.22. The summed E-state index contributed by atoms with van der Waals surface area (Å²) in [6.07, 6.45) is 4.87. The summed E-state index contributed by atoms with van der Waals surface area (Å²) < 4.78 is 0. The van der Waals surface area contributed by atoms with Crippen LogP contribution in [0, 0.1) is 0 Å². The topological polar surface area (TPSA) is 41.5 Å². The van der Waals surface area contributed by atoms with Crippen LogP contribution in [0.15, 0.2) is 65.8 Å². The zero-order chi connectivity index (χ0) is 16.7. The predicted molar refractivity (Wildman–Crippen MR) is 96.4 cm³/mol. The minimum atomic E-state index is -0.253. The van der Waals surface area contributed by atoms with Crippen LogP contribution in [0.2, 0.25) is 0 Å². The first-order valence-corrected chi connectivity index (χ1v) is 7.62. The molecule has 0 atom stereocenters. The Labute approximate surface area is 137 Å². The summed E-state index contributed by atoms with van der Waals surface area (Å²) in [4.78, 5) is 11.7. The molecule has 118 valence electrons. The smallest absolute Gasteiger partial charge is 0.264 e. The number of benzene rings is 2. The molecule has 23 heavy (non-hydrogen) atoms. The van der Waals surface area contributed by atoms with Crippen LogP contribution in [-0.4, -0.2) is 12.1 Å². The number of carbonyl (C=O) groups excluding carboxylic acids is 1. The van der Waals surface area contributed by atoms with E-state index in [9.17, 15) is 4.79 Å². The van der Waals surface area contributed by atoms with E-state index in [2.05, 4.69) is 43.4 Å². The van der Waals surface area contributed by atoms with Crippen LogP contribution >= 0.6 is 0 Å². The van der Waals surface area contributed by atoms with Gasteiger partial charge in [0.15, 0.2) is 0 Å². The summed E-state index contributed by atoms with van der Waals surface area (Å²) in [7, 11) is 0. The van der Waals surface area contributed by atoms with Crippen LogP contribution in [0.25, 0.3) is 6.08 Å². The van der Waals surface area contributed by atoms with Gasteiger partial charge in [-0.05, 0) is 28.2 Å². The first-order valence-electron chi connectivity index (χ1n) is 7.62. The maximum Gasteiger partial charge on any atom is 0.264 e. The molecule has 2 aromatic rings. The molecule has 0 saturated heterocycles. The number of nitrogens with one attached hydrogen (secondary N) is 1. The molecule has 0 bridgehead atoms. The Bertz CT molecular complexity index is 693. The molecular weight excluding hydrogens is 284 g/mol. The number of carbonyl (C=O) groups is 1. The van der Waals surface area contributed by atoms with Crippen LogP contribution in [0.5, 0.6) is 0 Å². The van der Waals surface area contributed by atoms with Gasteiger partial charge in [0.2, 0.25) is 0 Å². The van der Waals surface area contributed by atoms with E-state index in [0.29, 0.717) is 0 Å². The van der Waals surface area contributed by atoms with Crippen LogP contribution < -0.4 is 5.43 Å². The molecule has 0 heterocycles. The highest BCUT2D eigenvalue weighted by molar-refractivity contribution is 5.92. The van der Waals surface area contributed by atoms with Crippen molar-refractivity contribution in [3.05, 3.63) is 77.4 Å². The normalized spacial score (nSPS) is 12.0. The third-order valence-electron chi connectivity index (χ3n) is 3.39. The van der Waals surface area contributed by atoms with Gasteiger partial charge in [0.25, 0.3) is 5.91 Å². The molecule has 3 heteroatoms. The van der Waals surface area contributed by atoms with E-state index in [0.717, 1.165) is 11.1 Å². The molecule has 0 saturated carbocycles. The first kappa shape index (κ1) is 16.7. The fourth-order valence-corrected chi connectivity index (χ4v) is 2.01. The fraction of sp³-hybridized carbons (Fsp3) is 0.200. The highest BCUT2D eigenvalue weighted by Gasteiger charge is 2.12. The van der Waals surface area contributed by atoms with Crippen LogP contribution in [0.1, 0.15) is 37.5 Å². The Morgan fingerprint density at radius 2 is 1.61 bits per heavy atom. The summed E-state index contributed by atoms with van der Waals surface area (Å²) in [5, 5.41) is 3.92. The molecule has 0 aliphatic heterocycles. The second kappa shape index (κ2) is 7.54. The van der Waals surface area contributed by atoms with Gasteiger partial charge in [-0.3, -0.25) is 4.79 Å². The molecule has 0 aromatic heterocycles. The maximum absolute atomic E-state index is 11.7. The van der Waals surface area contributed by atoms with Gasteiger partial charge in [-0.1, -0.05) is 75.4 Å². The maximum atomic E-state index is 11.7. The Morgan fingerprint density at radius 3 is 2.22 bits per heavy atom. The molecule has 0 aliphatic carbocycles. The first-order chi connectivity index (χ1) is 10.9. The molecule has 0 radical (unpaired) electrons. The van der Waals surface area contributed by atoms with Crippen molar-refractivity contribution >= 4 is 18.2 Å². The number of hydrazone groups is 1. The van der Waals surface area contributed by atoms with Crippen molar-refractivity contribution in [3.8, 4) is 0 Å². The van der Waals surface area contributed by atoms with Gasteiger partial charge in [-0.15, -0.1) is 0 Å². The molecule has 3 nitrogen and oxygen atoms in total. The minimum Gasteiger partial charge on any atom is -0.268 e. The summed E-state index contributed by atoms with van der Waals surface area (Å²) in [5.41, 5.74) is 5.81. The lowest BCUT2D eigenvalue weighted by atomic mass is 9.87. The monoisotopic (exact) mass is 306 g/mol. The summed E-state index contributed by atoms with van der Waals surface area (Å²) >= 11 is 0. The molecule has 0 fully saturated rings. The van der Waals surface area contributed by atoms with Crippen molar-refractivity contribution in [2.24, 2.45) is 5.10 Å². The third kappa shape index (κ3) is 5.55. The summed E-state index contributed by atoms with van der Waals surface area (Å²) in [6, 6.07) is 17.8. The van der Waals surface area contributed by atoms with E-state index in [1.807, 2.05) is 42.5 Å². The van der Waals surface area contributed by atoms with Gasteiger partial charge >= 0.3 is 0 Å². The van der Waals surface area contributed by atoms with Crippen molar-refractivity contribution in [1.82, 2.24) is 5.43 Å².